The molecule has 3 rings (SSSR count). The van der Waals surface area contributed by atoms with E-state index in [2.05, 4.69) is 20.9 Å². The molecular formula is C17H21N5O2. The lowest BCUT2D eigenvalue weighted by Crippen LogP contribution is -2.38. The van der Waals surface area contributed by atoms with Crippen molar-refractivity contribution in [3.63, 3.8) is 0 Å². The second-order valence-corrected chi connectivity index (χ2v) is 5.89. The molecule has 0 bridgehead atoms. The first-order chi connectivity index (χ1) is 11.6. The molecule has 3 N–H and O–H groups in total. The molecule has 7 nitrogen and oxygen atoms in total. The maximum atomic E-state index is 12.0. The molecule has 24 heavy (non-hydrogen) atoms. The van der Waals surface area contributed by atoms with Crippen molar-refractivity contribution in [3.05, 3.63) is 48.0 Å². The Labute approximate surface area is 140 Å². The molecule has 0 saturated carbocycles. The SMILES string of the molecule is C[C@H](NC(=O)NCCn1ccnc1)c1ccc2c(c1)CCC(=O)N2. The van der Waals surface area contributed by atoms with Crippen LogP contribution in [0.3, 0.4) is 0 Å². The molecule has 0 spiro atoms. The highest BCUT2D eigenvalue weighted by atomic mass is 16.2. The molecule has 2 aromatic rings. The van der Waals surface area contributed by atoms with Gasteiger partial charge in [0, 0.05) is 37.6 Å². The van der Waals surface area contributed by atoms with Gasteiger partial charge >= 0.3 is 6.03 Å². The Morgan fingerprint density at radius 1 is 1.42 bits per heavy atom. The van der Waals surface area contributed by atoms with Crippen LogP contribution in [0.1, 0.15) is 30.5 Å². The van der Waals surface area contributed by atoms with Crippen LogP contribution in [0.2, 0.25) is 0 Å². The van der Waals surface area contributed by atoms with Crippen molar-refractivity contribution in [2.75, 3.05) is 11.9 Å². The monoisotopic (exact) mass is 327 g/mol. The third-order valence-corrected chi connectivity index (χ3v) is 4.09. The van der Waals surface area contributed by atoms with Crippen molar-refractivity contribution in [1.82, 2.24) is 20.2 Å². The molecule has 1 aromatic heterocycles. The minimum Gasteiger partial charge on any atom is -0.336 e. The summed E-state index contributed by atoms with van der Waals surface area (Å²) in [6.07, 6.45) is 6.52. The van der Waals surface area contributed by atoms with Crippen molar-refractivity contribution in [2.24, 2.45) is 0 Å². The number of imidazole rings is 1. The summed E-state index contributed by atoms with van der Waals surface area (Å²) in [7, 11) is 0. The molecule has 1 aromatic carbocycles. The number of aryl methyl sites for hydroxylation is 1. The maximum absolute atomic E-state index is 12.0. The van der Waals surface area contributed by atoms with Gasteiger partial charge < -0.3 is 20.5 Å². The van der Waals surface area contributed by atoms with Crippen LogP contribution in [0.15, 0.2) is 36.9 Å². The van der Waals surface area contributed by atoms with E-state index in [9.17, 15) is 9.59 Å². The number of hydrogen-bond donors (Lipinski definition) is 3. The zero-order valence-electron chi connectivity index (χ0n) is 13.6. The van der Waals surface area contributed by atoms with Gasteiger partial charge in [0.15, 0.2) is 0 Å². The fraction of sp³-hybridized carbons (Fsp3) is 0.353. The second-order valence-electron chi connectivity index (χ2n) is 5.89. The zero-order valence-corrected chi connectivity index (χ0v) is 13.6. The summed E-state index contributed by atoms with van der Waals surface area (Å²) in [5.41, 5.74) is 3.00. The standard InChI is InChI=1S/C17H21N5O2/c1-12(20-17(24)19-7-9-22-8-6-18-11-22)13-2-4-15-14(10-13)3-5-16(23)21-15/h2,4,6,8,10-12H,3,5,7,9H2,1H3,(H,21,23)(H2,19,20,24)/t12-/m0/s1. The Balaban J connectivity index is 1.51. The minimum absolute atomic E-state index is 0.0543. The Morgan fingerprint density at radius 3 is 3.08 bits per heavy atom. The molecule has 3 amide bonds. The van der Waals surface area contributed by atoms with Gasteiger partial charge in [-0.05, 0) is 30.5 Å². The van der Waals surface area contributed by atoms with Crippen LogP contribution in [-0.2, 0) is 17.8 Å². The Morgan fingerprint density at radius 2 is 2.29 bits per heavy atom. The number of urea groups is 1. The third-order valence-electron chi connectivity index (χ3n) is 4.09. The molecule has 126 valence electrons. The summed E-state index contributed by atoms with van der Waals surface area (Å²) in [4.78, 5) is 27.3. The number of rotatable bonds is 5. The predicted molar refractivity (Wildman–Crippen MR) is 90.6 cm³/mol. The molecular weight excluding hydrogens is 306 g/mol. The average Bonchev–Trinajstić information content (AvgIpc) is 3.07. The number of nitrogens with zero attached hydrogens (tertiary/aromatic N) is 2. The average molecular weight is 327 g/mol. The van der Waals surface area contributed by atoms with Crippen LogP contribution < -0.4 is 16.0 Å². The van der Waals surface area contributed by atoms with Gasteiger partial charge in [0.25, 0.3) is 0 Å². The van der Waals surface area contributed by atoms with E-state index in [4.69, 9.17) is 0 Å². The number of anilines is 1. The van der Waals surface area contributed by atoms with Gasteiger partial charge in [-0.3, -0.25) is 4.79 Å². The molecule has 0 saturated heterocycles. The van der Waals surface area contributed by atoms with Gasteiger partial charge in [-0.2, -0.15) is 0 Å². The molecule has 1 aliphatic heterocycles. The number of carbonyl (C=O) groups excluding carboxylic acids is 2. The Hall–Kier alpha value is -2.83. The summed E-state index contributed by atoms with van der Waals surface area (Å²) in [5, 5.41) is 8.63. The van der Waals surface area contributed by atoms with E-state index >= 15 is 0 Å². The van der Waals surface area contributed by atoms with E-state index in [1.807, 2.05) is 35.9 Å². The molecule has 0 fully saturated rings. The summed E-state index contributed by atoms with van der Waals surface area (Å²) >= 11 is 0. The zero-order chi connectivity index (χ0) is 16.9. The first kappa shape index (κ1) is 16.0. The van der Waals surface area contributed by atoms with Crippen molar-refractivity contribution >= 4 is 17.6 Å². The second kappa shape index (κ2) is 7.16. The molecule has 1 aliphatic rings. The number of amides is 3. The van der Waals surface area contributed by atoms with Gasteiger partial charge in [-0.1, -0.05) is 12.1 Å². The highest BCUT2D eigenvalue weighted by molar-refractivity contribution is 5.93. The first-order valence-corrected chi connectivity index (χ1v) is 8.04. The van der Waals surface area contributed by atoms with Crippen LogP contribution in [0.25, 0.3) is 0 Å². The maximum Gasteiger partial charge on any atom is 0.315 e. The Kier molecular flexibility index (Phi) is 4.79. The normalized spacial score (nSPS) is 14.5. The quantitative estimate of drug-likeness (QED) is 0.783. The van der Waals surface area contributed by atoms with E-state index in [-0.39, 0.29) is 18.0 Å². The number of nitrogens with one attached hydrogen (secondary N) is 3. The smallest absolute Gasteiger partial charge is 0.315 e. The molecule has 0 radical (unpaired) electrons. The lowest BCUT2D eigenvalue weighted by Gasteiger charge is -2.20. The fourth-order valence-electron chi connectivity index (χ4n) is 2.72. The summed E-state index contributed by atoms with van der Waals surface area (Å²) in [5.74, 6) is 0.0543. The fourth-order valence-corrected chi connectivity index (χ4v) is 2.72. The molecule has 0 unspecified atom stereocenters. The van der Waals surface area contributed by atoms with Crippen molar-refractivity contribution in [1.29, 1.82) is 0 Å². The van der Waals surface area contributed by atoms with E-state index < -0.39 is 0 Å². The van der Waals surface area contributed by atoms with Gasteiger partial charge in [0.1, 0.15) is 0 Å². The molecule has 0 aliphatic carbocycles. The summed E-state index contributed by atoms with van der Waals surface area (Å²) in [6, 6.07) is 5.57. The van der Waals surface area contributed by atoms with Crippen LogP contribution in [0.4, 0.5) is 10.5 Å². The number of hydrogen-bond acceptors (Lipinski definition) is 3. The van der Waals surface area contributed by atoms with Crippen molar-refractivity contribution in [3.8, 4) is 0 Å². The topological polar surface area (TPSA) is 88.1 Å². The van der Waals surface area contributed by atoms with Gasteiger partial charge in [-0.25, -0.2) is 9.78 Å². The van der Waals surface area contributed by atoms with Crippen LogP contribution in [0.5, 0.6) is 0 Å². The number of fused-ring (bicyclic) bond motifs is 1. The lowest BCUT2D eigenvalue weighted by molar-refractivity contribution is -0.116. The first-order valence-electron chi connectivity index (χ1n) is 8.04. The third kappa shape index (κ3) is 3.92. The number of benzene rings is 1. The molecule has 7 heteroatoms. The Bertz CT molecular complexity index is 727. The largest absolute Gasteiger partial charge is 0.336 e. The summed E-state index contributed by atoms with van der Waals surface area (Å²) in [6.45, 7) is 3.16. The van der Waals surface area contributed by atoms with Crippen LogP contribution in [0, 0.1) is 0 Å². The van der Waals surface area contributed by atoms with E-state index in [0.29, 0.717) is 19.5 Å². The highest BCUT2D eigenvalue weighted by Crippen LogP contribution is 2.26. The number of aromatic nitrogens is 2. The van der Waals surface area contributed by atoms with E-state index in [1.165, 1.54) is 0 Å². The van der Waals surface area contributed by atoms with Gasteiger partial charge in [-0.15, -0.1) is 0 Å². The summed E-state index contributed by atoms with van der Waals surface area (Å²) < 4.78 is 1.90. The number of carbonyl (C=O) groups is 2. The molecule has 1 atom stereocenters. The molecule has 2 heterocycles. The van der Waals surface area contributed by atoms with E-state index in [1.54, 1.807) is 12.5 Å². The lowest BCUT2D eigenvalue weighted by atomic mass is 9.98. The highest BCUT2D eigenvalue weighted by Gasteiger charge is 2.17. The minimum atomic E-state index is -0.200. The van der Waals surface area contributed by atoms with E-state index in [0.717, 1.165) is 23.2 Å². The van der Waals surface area contributed by atoms with Crippen LogP contribution in [-0.4, -0.2) is 28.0 Å². The van der Waals surface area contributed by atoms with Gasteiger partial charge in [0.05, 0.1) is 12.4 Å². The predicted octanol–water partition coefficient (Wildman–Crippen LogP) is 1.83. The van der Waals surface area contributed by atoms with Crippen molar-refractivity contribution < 1.29 is 9.59 Å². The van der Waals surface area contributed by atoms with Crippen molar-refractivity contribution in [2.45, 2.75) is 32.4 Å². The van der Waals surface area contributed by atoms with Gasteiger partial charge in [0.2, 0.25) is 5.91 Å². The van der Waals surface area contributed by atoms with Crippen LogP contribution >= 0.6 is 0 Å².